The maximum absolute atomic E-state index is 12.8. The van der Waals surface area contributed by atoms with E-state index in [1.807, 2.05) is 37.3 Å². The number of amides is 2. The first kappa shape index (κ1) is 24.2. The zero-order chi connectivity index (χ0) is 25.2. The Morgan fingerprint density at radius 2 is 2.17 bits per heavy atom. The third kappa shape index (κ3) is 4.90. The number of carbonyl (C=O) groups is 2. The normalized spacial score (nSPS) is 18.6. The number of hydrogen-bond acceptors (Lipinski definition) is 7. The molecule has 1 saturated heterocycles. The number of para-hydroxylation sites is 1. The van der Waals surface area contributed by atoms with E-state index in [1.54, 1.807) is 30.3 Å². The lowest BCUT2D eigenvalue weighted by Crippen LogP contribution is -2.57. The fourth-order valence-corrected chi connectivity index (χ4v) is 4.94. The predicted octanol–water partition coefficient (Wildman–Crippen LogP) is 2.21. The smallest absolute Gasteiger partial charge is 0.246 e. The van der Waals surface area contributed by atoms with Crippen LogP contribution in [-0.4, -0.2) is 77.3 Å². The summed E-state index contributed by atoms with van der Waals surface area (Å²) in [6, 6.07) is 9.64. The molecule has 2 amide bonds. The average molecular weight is 489 g/mol. The topological polar surface area (TPSA) is 108 Å². The van der Waals surface area contributed by atoms with Gasteiger partial charge in [0.05, 0.1) is 6.54 Å². The second-order valence-corrected chi connectivity index (χ2v) is 9.52. The Labute approximate surface area is 210 Å². The Hall–Kier alpha value is -3.53. The summed E-state index contributed by atoms with van der Waals surface area (Å²) in [6.07, 6.45) is 4.99. The highest BCUT2D eigenvalue weighted by Crippen LogP contribution is 2.27. The lowest BCUT2D eigenvalue weighted by atomic mass is 10.1. The van der Waals surface area contributed by atoms with Crippen molar-refractivity contribution >= 4 is 34.7 Å². The summed E-state index contributed by atoms with van der Waals surface area (Å²) in [7, 11) is 1.76. The van der Waals surface area contributed by atoms with E-state index in [4.69, 9.17) is 10.2 Å². The lowest BCUT2D eigenvalue weighted by Gasteiger charge is -2.39. The number of piperazine rings is 1. The Morgan fingerprint density at radius 3 is 2.97 bits per heavy atom. The number of fused-ring (bicyclic) bond motifs is 3. The van der Waals surface area contributed by atoms with Gasteiger partial charge in [0.15, 0.2) is 0 Å². The molecule has 1 aromatic carbocycles. The summed E-state index contributed by atoms with van der Waals surface area (Å²) in [6.45, 7) is 6.73. The molecule has 2 aliphatic rings. The van der Waals surface area contributed by atoms with E-state index in [9.17, 15) is 9.59 Å². The molecule has 5 rings (SSSR count). The Morgan fingerprint density at radius 1 is 1.33 bits per heavy atom. The second-order valence-electron chi connectivity index (χ2n) is 9.52. The van der Waals surface area contributed by atoms with Crippen molar-refractivity contribution in [2.24, 2.45) is 5.73 Å². The Bertz CT molecular complexity index is 1320. The lowest BCUT2D eigenvalue weighted by molar-refractivity contribution is -0.125. The highest BCUT2D eigenvalue weighted by molar-refractivity contribution is 5.96. The van der Waals surface area contributed by atoms with Crippen LogP contribution in [0, 0.1) is 6.92 Å². The molecular weight excluding hydrogens is 456 g/mol. The van der Waals surface area contributed by atoms with Crippen LogP contribution < -0.4 is 11.1 Å². The van der Waals surface area contributed by atoms with Crippen molar-refractivity contribution < 1.29 is 14.0 Å². The van der Waals surface area contributed by atoms with E-state index in [-0.39, 0.29) is 17.9 Å². The van der Waals surface area contributed by atoms with Gasteiger partial charge in [0.25, 0.3) is 0 Å². The van der Waals surface area contributed by atoms with Gasteiger partial charge in [0.1, 0.15) is 23.2 Å². The molecule has 1 fully saturated rings. The first-order valence-corrected chi connectivity index (χ1v) is 12.3. The van der Waals surface area contributed by atoms with E-state index in [0.717, 1.165) is 53.1 Å². The minimum absolute atomic E-state index is 0.0380. The van der Waals surface area contributed by atoms with Gasteiger partial charge >= 0.3 is 0 Å². The summed E-state index contributed by atoms with van der Waals surface area (Å²) in [5.41, 5.74) is 9.33. The molecule has 4 heterocycles. The number of likely N-dealkylation sites (N-methyl/N-ethyl adjacent to an activating group) is 1. The fourth-order valence-electron chi connectivity index (χ4n) is 4.94. The van der Waals surface area contributed by atoms with E-state index in [1.165, 1.54) is 0 Å². The summed E-state index contributed by atoms with van der Waals surface area (Å²) < 4.78 is 5.95. The maximum atomic E-state index is 12.8. The summed E-state index contributed by atoms with van der Waals surface area (Å²) >= 11 is 0. The summed E-state index contributed by atoms with van der Waals surface area (Å²) in [5.74, 6) is 1.20. The van der Waals surface area contributed by atoms with Gasteiger partial charge in [-0.3, -0.25) is 19.4 Å². The number of nitrogens with one attached hydrogen (secondary N) is 1. The molecule has 9 heteroatoms. The van der Waals surface area contributed by atoms with E-state index in [0.29, 0.717) is 32.0 Å². The van der Waals surface area contributed by atoms with Gasteiger partial charge in [-0.05, 0) is 30.7 Å². The van der Waals surface area contributed by atoms with Crippen LogP contribution in [0.1, 0.15) is 22.5 Å². The maximum Gasteiger partial charge on any atom is 0.246 e. The highest BCUT2D eigenvalue weighted by Gasteiger charge is 2.35. The molecule has 1 atom stereocenters. The molecule has 9 nitrogen and oxygen atoms in total. The van der Waals surface area contributed by atoms with E-state index >= 15 is 0 Å². The van der Waals surface area contributed by atoms with Crippen molar-refractivity contribution in [2.45, 2.75) is 26.1 Å². The van der Waals surface area contributed by atoms with E-state index < -0.39 is 0 Å². The van der Waals surface area contributed by atoms with Crippen molar-refractivity contribution in [1.82, 2.24) is 19.7 Å². The van der Waals surface area contributed by atoms with Gasteiger partial charge < -0.3 is 20.4 Å². The molecule has 3 N–H and O–H groups in total. The molecule has 2 aliphatic heterocycles. The van der Waals surface area contributed by atoms with Crippen LogP contribution in [-0.2, 0) is 22.7 Å². The number of furan rings is 1. The molecule has 1 unspecified atom stereocenters. The molecule has 0 aliphatic carbocycles. The largest absolute Gasteiger partial charge is 0.459 e. The van der Waals surface area contributed by atoms with Crippen molar-refractivity contribution in [3.8, 4) is 0 Å². The van der Waals surface area contributed by atoms with Crippen LogP contribution in [0.25, 0.3) is 17.0 Å². The number of nitrogens with zero attached hydrogens (tertiary/aromatic N) is 4. The number of anilines is 1. The molecule has 36 heavy (non-hydrogen) atoms. The third-order valence-corrected chi connectivity index (χ3v) is 7.04. The van der Waals surface area contributed by atoms with Gasteiger partial charge in [-0.15, -0.1) is 0 Å². The first-order chi connectivity index (χ1) is 17.4. The first-order valence-electron chi connectivity index (χ1n) is 12.3. The summed E-state index contributed by atoms with van der Waals surface area (Å²) in [5, 5.41) is 4.04. The van der Waals surface area contributed by atoms with Gasteiger partial charge in [0, 0.05) is 75.1 Å². The van der Waals surface area contributed by atoms with Crippen molar-refractivity contribution in [3.63, 3.8) is 0 Å². The predicted molar refractivity (Wildman–Crippen MR) is 139 cm³/mol. The molecular formula is C27H32N6O3. The minimum atomic E-state index is -0.226. The molecule has 0 spiro atoms. The molecule has 0 radical (unpaired) electrons. The van der Waals surface area contributed by atoms with Crippen molar-refractivity contribution in [2.75, 3.05) is 45.1 Å². The average Bonchev–Trinajstić information content (AvgIpc) is 3.11. The molecule has 0 bridgehead atoms. The minimum Gasteiger partial charge on any atom is -0.459 e. The monoisotopic (exact) mass is 488 g/mol. The number of aromatic nitrogens is 1. The van der Waals surface area contributed by atoms with Crippen LogP contribution in [0.4, 0.5) is 5.82 Å². The van der Waals surface area contributed by atoms with Crippen molar-refractivity contribution in [3.05, 3.63) is 65.1 Å². The number of hydrogen-bond donors (Lipinski definition) is 2. The number of pyridine rings is 1. The van der Waals surface area contributed by atoms with Gasteiger partial charge in [-0.1, -0.05) is 18.2 Å². The zero-order valence-corrected chi connectivity index (χ0v) is 20.7. The highest BCUT2D eigenvalue weighted by atomic mass is 16.3. The van der Waals surface area contributed by atoms with Crippen LogP contribution in [0.15, 0.2) is 47.0 Å². The fraction of sp³-hybridized carbons (Fsp3) is 0.370. The van der Waals surface area contributed by atoms with E-state index in [2.05, 4.69) is 20.1 Å². The Kier molecular flexibility index (Phi) is 6.86. The van der Waals surface area contributed by atoms with Crippen LogP contribution in [0.5, 0.6) is 0 Å². The number of benzene rings is 1. The van der Waals surface area contributed by atoms with Crippen LogP contribution in [0.3, 0.4) is 0 Å². The van der Waals surface area contributed by atoms with Crippen LogP contribution in [0.2, 0.25) is 0 Å². The molecule has 188 valence electrons. The summed E-state index contributed by atoms with van der Waals surface area (Å²) in [4.78, 5) is 36.2. The zero-order valence-electron chi connectivity index (χ0n) is 20.7. The van der Waals surface area contributed by atoms with Crippen LogP contribution >= 0.6 is 0 Å². The number of nitrogens with two attached hydrogens (primary N) is 1. The number of carbonyl (C=O) groups excluding carboxylic acids is 2. The van der Waals surface area contributed by atoms with Crippen molar-refractivity contribution in [1.29, 1.82) is 0 Å². The molecule has 0 saturated carbocycles. The number of aryl methyl sites for hydroxylation is 1. The van der Waals surface area contributed by atoms with Gasteiger partial charge in [-0.25, -0.2) is 4.98 Å². The molecule has 3 aromatic rings. The SMILES string of the molecule is Cc1c(CN(C)C(=O)/C=C/c2cnc3c(c2)CN2CCN(CCN)CC2C(=O)N3)oc2ccccc12. The standard InChI is InChI=1S/C27H32N6O3/c1-18-21-5-3-4-6-23(21)36-24(18)17-31(2)25(34)8-7-19-13-20-15-33-12-11-32(10-9-28)16-22(33)27(35)30-26(20)29-14-19/h3-8,13-14,22H,9-12,15-17,28H2,1-2H3,(H,29,30,35)/b8-7+. The quantitative estimate of drug-likeness (QED) is 0.512. The molecule has 2 aromatic heterocycles. The Balaban J connectivity index is 1.26. The number of rotatable bonds is 6. The second kappa shape index (κ2) is 10.2. The van der Waals surface area contributed by atoms with Gasteiger partial charge in [-0.2, -0.15) is 0 Å². The van der Waals surface area contributed by atoms with Gasteiger partial charge in [0.2, 0.25) is 11.8 Å². The third-order valence-electron chi connectivity index (χ3n) is 7.04.